The van der Waals surface area contributed by atoms with Gasteiger partial charge in [0.15, 0.2) is 5.76 Å². The summed E-state index contributed by atoms with van der Waals surface area (Å²) in [5.74, 6) is 1.28. The number of nitrogens with one attached hydrogen (secondary N) is 1. The number of halogens is 1. The predicted octanol–water partition coefficient (Wildman–Crippen LogP) is 4.75. The highest BCUT2D eigenvalue weighted by Gasteiger charge is 2.10. The number of aromatic nitrogens is 1. The van der Waals surface area contributed by atoms with E-state index in [2.05, 4.69) is 16.4 Å². The summed E-state index contributed by atoms with van der Waals surface area (Å²) in [4.78, 5) is 4.23. The van der Waals surface area contributed by atoms with Gasteiger partial charge in [0.25, 0.3) is 0 Å². The SMILES string of the molecule is CC(C)Oc1ccc(F)cc1NCc1ncc(-c2ccc(C#N)cc2)o1. The zero-order chi connectivity index (χ0) is 18.5. The van der Waals surface area contributed by atoms with Crippen molar-refractivity contribution < 1.29 is 13.5 Å². The molecule has 0 aliphatic heterocycles. The lowest BCUT2D eigenvalue weighted by atomic mass is 10.1. The highest BCUT2D eigenvalue weighted by atomic mass is 19.1. The summed E-state index contributed by atoms with van der Waals surface area (Å²) < 4.78 is 24.9. The van der Waals surface area contributed by atoms with Gasteiger partial charge >= 0.3 is 0 Å². The van der Waals surface area contributed by atoms with Crippen LogP contribution in [0.1, 0.15) is 25.3 Å². The second kappa shape index (κ2) is 7.70. The molecule has 5 nitrogen and oxygen atoms in total. The Labute approximate surface area is 151 Å². The van der Waals surface area contributed by atoms with E-state index in [1.807, 2.05) is 13.8 Å². The highest BCUT2D eigenvalue weighted by Crippen LogP contribution is 2.27. The lowest BCUT2D eigenvalue weighted by molar-refractivity contribution is 0.243. The number of hydrogen-bond acceptors (Lipinski definition) is 5. The number of nitriles is 1. The molecule has 0 saturated heterocycles. The molecule has 1 N–H and O–H groups in total. The quantitative estimate of drug-likeness (QED) is 0.694. The molecule has 0 saturated carbocycles. The number of ether oxygens (including phenoxy) is 1. The molecule has 0 atom stereocenters. The van der Waals surface area contributed by atoms with Gasteiger partial charge in [-0.1, -0.05) is 0 Å². The molecule has 0 unspecified atom stereocenters. The van der Waals surface area contributed by atoms with Gasteiger partial charge in [-0.05, 0) is 50.2 Å². The van der Waals surface area contributed by atoms with Crippen molar-refractivity contribution >= 4 is 5.69 Å². The number of rotatable bonds is 6. The van der Waals surface area contributed by atoms with Crippen LogP contribution in [-0.2, 0) is 6.54 Å². The van der Waals surface area contributed by atoms with Crippen molar-refractivity contribution in [1.29, 1.82) is 5.26 Å². The standard InChI is InChI=1S/C20H18FN3O2/c1-13(2)25-18-8-7-16(21)9-17(18)23-12-20-24-11-19(26-20)15-5-3-14(10-22)4-6-15/h3-9,11,13,23H,12H2,1-2H3. The Kier molecular flexibility index (Phi) is 5.18. The summed E-state index contributed by atoms with van der Waals surface area (Å²) in [5.41, 5.74) is 1.95. The molecular weight excluding hydrogens is 333 g/mol. The Hall–Kier alpha value is -3.33. The van der Waals surface area contributed by atoms with Crippen LogP contribution in [0.15, 0.2) is 53.1 Å². The Morgan fingerprint density at radius 3 is 2.69 bits per heavy atom. The van der Waals surface area contributed by atoms with Gasteiger partial charge in [-0.2, -0.15) is 5.26 Å². The minimum Gasteiger partial charge on any atom is -0.489 e. The van der Waals surface area contributed by atoms with Gasteiger partial charge in [-0.25, -0.2) is 9.37 Å². The largest absolute Gasteiger partial charge is 0.489 e. The number of oxazole rings is 1. The lowest BCUT2D eigenvalue weighted by Gasteiger charge is -2.15. The molecule has 0 radical (unpaired) electrons. The lowest BCUT2D eigenvalue weighted by Crippen LogP contribution is -2.09. The van der Waals surface area contributed by atoms with Gasteiger partial charge in [0.2, 0.25) is 5.89 Å². The van der Waals surface area contributed by atoms with Crippen LogP contribution >= 0.6 is 0 Å². The van der Waals surface area contributed by atoms with Crippen LogP contribution in [0.2, 0.25) is 0 Å². The first kappa shape index (κ1) is 17.5. The zero-order valence-electron chi connectivity index (χ0n) is 14.5. The monoisotopic (exact) mass is 351 g/mol. The van der Waals surface area contributed by atoms with Gasteiger partial charge in [-0.15, -0.1) is 0 Å². The van der Waals surface area contributed by atoms with E-state index in [9.17, 15) is 4.39 Å². The third-order valence-corrected chi connectivity index (χ3v) is 3.59. The summed E-state index contributed by atoms with van der Waals surface area (Å²) in [7, 11) is 0. The van der Waals surface area contributed by atoms with Crippen molar-refractivity contribution in [2.24, 2.45) is 0 Å². The number of nitrogens with zero attached hydrogens (tertiary/aromatic N) is 2. The van der Waals surface area contributed by atoms with E-state index in [0.29, 0.717) is 28.7 Å². The van der Waals surface area contributed by atoms with Crippen LogP contribution in [0.3, 0.4) is 0 Å². The topological polar surface area (TPSA) is 71.1 Å². The van der Waals surface area contributed by atoms with Crippen LogP contribution in [0.4, 0.5) is 10.1 Å². The van der Waals surface area contributed by atoms with Gasteiger partial charge in [0.1, 0.15) is 11.6 Å². The summed E-state index contributed by atoms with van der Waals surface area (Å²) in [6.07, 6.45) is 1.60. The van der Waals surface area contributed by atoms with Crippen LogP contribution in [-0.4, -0.2) is 11.1 Å². The summed E-state index contributed by atoms with van der Waals surface area (Å²) >= 11 is 0. The molecule has 26 heavy (non-hydrogen) atoms. The fourth-order valence-electron chi connectivity index (χ4n) is 2.40. The molecule has 2 aromatic carbocycles. The van der Waals surface area contributed by atoms with E-state index in [1.165, 1.54) is 12.1 Å². The minimum absolute atomic E-state index is 0.0225. The summed E-state index contributed by atoms with van der Waals surface area (Å²) in [5, 5.41) is 11.9. The van der Waals surface area contributed by atoms with Crippen molar-refractivity contribution in [1.82, 2.24) is 4.98 Å². The van der Waals surface area contributed by atoms with E-state index >= 15 is 0 Å². The molecule has 1 aromatic heterocycles. The predicted molar refractivity (Wildman–Crippen MR) is 96.1 cm³/mol. The molecule has 0 fully saturated rings. The second-order valence-corrected chi connectivity index (χ2v) is 5.97. The third kappa shape index (κ3) is 4.19. The fraction of sp³-hybridized carbons (Fsp3) is 0.200. The van der Waals surface area contributed by atoms with Crippen LogP contribution in [0.25, 0.3) is 11.3 Å². The number of anilines is 1. The smallest absolute Gasteiger partial charge is 0.214 e. The number of benzene rings is 2. The first-order chi connectivity index (χ1) is 12.5. The van der Waals surface area contributed by atoms with Crippen molar-refractivity contribution in [3.05, 3.63) is 65.9 Å². The molecular formula is C20H18FN3O2. The molecule has 0 aliphatic rings. The maximum absolute atomic E-state index is 13.5. The Morgan fingerprint density at radius 1 is 1.23 bits per heavy atom. The van der Waals surface area contributed by atoms with Gasteiger partial charge < -0.3 is 14.5 Å². The second-order valence-electron chi connectivity index (χ2n) is 5.97. The van der Waals surface area contributed by atoms with E-state index in [0.717, 1.165) is 5.56 Å². The fourth-order valence-corrected chi connectivity index (χ4v) is 2.40. The average molecular weight is 351 g/mol. The molecule has 0 aliphatic carbocycles. The van der Waals surface area contributed by atoms with E-state index in [1.54, 1.807) is 36.5 Å². The Morgan fingerprint density at radius 2 is 2.00 bits per heavy atom. The first-order valence-electron chi connectivity index (χ1n) is 8.20. The maximum Gasteiger partial charge on any atom is 0.214 e. The normalized spacial score (nSPS) is 10.6. The summed E-state index contributed by atoms with van der Waals surface area (Å²) in [6, 6.07) is 13.4. The molecule has 3 aromatic rings. The van der Waals surface area contributed by atoms with Gasteiger partial charge in [0.05, 0.1) is 36.2 Å². The van der Waals surface area contributed by atoms with E-state index < -0.39 is 0 Å². The van der Waals surface area contributed by atoms with Crippen LogP contribution in [0.5, 0.6) is 5.75 Å². The average Bonchev–Trinajstić information content (AvgIpc) is 3.10. The van der Waals surface area contributed by atoms with E-state index in [-0.39, 0.29) is 18.5 Å². The summed E-state index contributed by atoms with van der Waals surface area (Å²) in [6.45, 7) is 4.10. The first-order valence-corrected chi connectivity index (χ1v) is 8.20. The molecule has 132 valence electrons. The van der Waals surface area contributed by atoms with Crippen molar-refractivity contribution in [2.45, 2.75) is 26.5 Å². The molecule has 0 spiro atoms. The van der Waals surface area contributed by atoms with Crippen LogP contribution in [0, 0.1) is 17.1 Å². The Bertz CT molecular complexity index is 927. The molecule has 6 heteroatoms. The third-order valence-electron chi connectivity index (χ3n) is 3.59. The maximum atomic E-state index is 13.5. The molecule has 1 heterocycles. The molecule has 0 bridgehead atoms. The minimum atomic E-state index is -0.353. The molecule has 3 rings (SSSR count). The van der Waals surface area contributed by atoms with Gasteiger partial charge in [0, 0.05) is 11.6 Å². The Balaban J connectivity index is 1.72. The van der Waals surface area contributed by atoms with Crippen molar-refractivity contribution in [3.63, 3.8) is 0 Å². The van der Waals surface area contributed by atoms with E-state index in [4.69, 9.17) is 14.4 Å². The van der Waals surface area contributed by atoms with Crippen molar-refractivity contribution in [3.8, 4) is 23.1 Å². The molecule has 0 amide bonds. The highest BCUT2D eigenvalue weighted by molar-refractivity contribution is 5.58. The number of hydrogen-bond donors (Lipinski definition) is 1. The zero-order valence-corrected chi connectivity index (χ0v) is 14.5. The van der Waals surface area contributed by atoms with Gasteiger partial charge in [-0.3, -0.25) is 0 Å². The van der Waals surface area contributed by atoms with Crippen LogP contribution < -0.4 is 10.1 Å². The van der Waals surface area contributed by atoms with Crippen molar-refractivity contribution in [2.75, 3.05) is 5.32 Å².